The third-order valence-electron chi connectivity index (χ3n) is 1.52. The van der Waals surface area contributed by atoms with Crippen LogP contribution in [0.2, 0.25) is 0 Å². The molecule has 0 unspecified atom stereocenters. The second kappa shape index (κ2) is 4.96. The smallest absolute Gasteiger partial charge is 0.872 e. The molecule has 0 spiro atoms. The quantitative estimate of drug-likeness (QED) is 0.437. The van der Waals surface area contributed by atoms with E-state index in [1.807, 2.05) is 0 Å². The Labute approximate surface area is 89.5 Å². The fraction of sp³-hybridized carbons (Fsp3) is 0.222. The van der Waals surface area contributed by atoms with Gasteiger partial charge in [-0.1, -0.05) is 30.0 Å². The van der Waals surface area contributed by atoms with Crippen LogP contribution in [0.5, 0.6) is 5.75 Å². The van der Waals surface area contributed by atoms with E-state index in [1.165, 1.54) is 17.0 Å². The van der Waals surface area contributed by atoms with Crippen molar-refractivity contribution < 1.29 is 28.8 Å². The minimum Gasteiger partial charge on any atom is -0.872 e. The fourth-order valence-corrected chi connectivity index (χ4v) is 0.884. The molecule has 1 aromatic rings. The molecule has 0 fully saturated rings. The van der Waals surface area contributed by atoms with Crippen molar-refractivity contribution >= 4 is 5.91 Å². The van der Waals surface area contributed by atoms with Gasteiger partial charge in [-0.2, -0.15) is 0 Å². The van der Waals surface area contributed by atoms with E-state index in [2.05, 4.69) is 0 Å². The Kier molecular flexibility index (Phi) is 4.61. The van der Waals surface area contributed by atoms with Gasteiger partial charge in [0.25, 0.3) is 5.91 Å². The molecule has 0 bridgehead atoms. The SMILES string of the molecule is CN(C)C(=O)c1ccccc1[O-].[Li+]. The summed E-state index contributed by atoms with van der Waals surface area (Å²) in [4.78, 5) is 12.7. The second-order valence-corrected chi connectivity index (χ2v) is 2.70. The van der Waals surface area contributed by atoms with Crippen molar-refractivity contribution in [3.8, 4) is 5.75 Å². The van der Waals surface area contributed by atoms with Gasteiger partial charge in [0.2, 0.25) is 0 Å². The summed E-state index contributed by atoms with van der Waals surface area (Å²) >= 11 is 0. The largest absolute Gasteiger partial charge is 1.00 e. The Bertz CT molecular complexity index is 299. The van der Waals surface area contributed by atoms with E-state index < -0.39 is 0 Å². The van der Waals surface area contributed by atoms with Crippen molar-refractivity contribution in [2.45, 2.75) is 0 Å². The van der Waals surface area contributed by atoms with Gasteiger partial charge in [0.05, 0.1) is 0 Å². The monoisotopic (exact) mass is 171 g/mol. The summed E-state index contributed by atoms with van der Waals surface area (Å²) in [6, 6.07) is 6.22. The molecular formula is C9H10LiNO2. The predicted octanol–water partition coefficient (Wildman–Crippen LogP) is -2.53. The van der Waals surface area contributed by atoms with Crippen molar-refractivity contribution in [1.82, 2.24) is 4.90 Å². The molecule has 0 atom stereocenters. The topological polar surface area (TPSA) is 43.4 Å². The summed E-state index contributed by atoms with van der Waals surface area (Å²) < 4.78 is 0. The minimum atomic E-state index is -0.249. The van der Waals surface area contributed by atoms with Gasteiger partial charge in [0.15, 0.2) is 0 Å². The molecule has 0 aliphatic heterocycles. The number of carbonyl (C=O) groups excluding carboxylic acids is 1. The zero-order valence-electron chi connectivity index (χ0n) is 8.07. The molecule has 0 saturated carbocycles. The van der Waals surface area contributed by atoms with E-state index in [0.29, 0.717) is 0 Å². The summed E-state index contributed by atoms with van der Waals surface area (Å²) in [5.41, 5.74) is 0.225. The van der Waals surface area contributed by atoms with Crippen LogP contribution < -0.4 is 24.0 Å². The number of amides is 1. The zero-order chi connectivity index (χ0) is 9.14. The third-order valence-corrected chi connectivity index (χ3v) is 1.52. The summed E-state index contributed by atoms with van der Waals surface area (Å²) in [5, 5.41) is 11.1. The van der Waals surface area contributed by atoms with E-state index in [-0.39, 0.29) is 36.1 Å². The van der Waals surface area contributed by atoms with Gasteiger partial charge in [-0.25, -0.2) is 0 Å². The van der Waals surface area contributed by atoms with Crippen molar-refractivity contribution in [3.05, 3.63) is 29.8 Å². The van der Waals surface area contributed by atoms with Crippen LogP contribution >= 0.6 is 0 Å². The van der Waals surface area contributed by atoms with Gasteiger partial charge < -0.3 is 10.0 Å². The minimum absolute atomic E-state index is 0. The molecule has 1 amide bonds. The van der Waals surface area contributed by atoms with E-state index in [4.69, 9.17) is 0 Å². The van der Waals surface area contributed by atoms with E-state index in [0.717, 1.165) is 0 Å². The van der Waals surface area contributed by atoms with Crippen LogP contribution in [-0.2, 0) is 0 Å². The van der Waals surface area contributed by atoms with Crippen LogP contribution in [0.25, 0.3) is 0 Å². The van der Waals surface area contributed by atoms with Crippen LogP contribution in [0.1, 0.15) is 10.4 Å². The Balaban J connectivity index is 0.00000144. The van der Waals surface area contributed by atoms with Gasteiger partial charge in [0.1, 0.15) is 0 Å². The van der Waals surface area contributed by atoms with Gasteiger partial charge in [-0.15, -0.1) is 0 Å². The predicted molar refractivity (Wildman–Crippen MR) is 43.9 cm³/mol. The fourth-order valence-electron chi connectivity index (χ4n) is 0.884. The van der Waals surface area contributed by atoms with Crippen LogP contribution in [0.4, 0.5) is 0 Å². The third kappa shape index (κ3) is 2.80. The number of hydrogen-bond acceptors (Lipinski definition) is 2. The van der Waals surface area contributed by atoms with Gasteiger partial charge >= 0.3 is 18.9 Å². The van der Waals surface area contributed by atoms with Gasteiger partial charge in [0, 0.05) is 19.7 Å². The molecule has 0 aliphatic carbocycles. The standard InChI is InChI=1S/C9H11NO2.Li/c1-10(2)9(12)7-5-3-4-6-8(7)11;/h3-6,11H,1-2H3;/q;+1/p-1. The van der Waals surface area contributed by atoms with Gasteiger partial charge in [-0.05, 0) is 0 Å². The Morgan fingerprint density at radius 2 is 1.85 bits per heavy atom. The Morgan fingerprint density at radius 3 is 2.31 bits per heavy atom. The molecular weight excluding hydrogens is 161 g/mol. The first-order chi connectivity index (χ1) is 5.63. The number of para-hydroxylation sites is 1. The van der Waals surface area contributed by atoms with E-state index >= 15 is 0 Å². The zero-order valence-corrected chi connectivity index (χ0v) is 8.07. The van der Waals surface area contributed by atoms with Crippen molar-refractivity contribution in [2.75, 3.05) is 14.1 Å². The summed E-state index contributed by atoms with van der Waals surface area (Å²) in [7, 11) is 3.24. The molecule has 0 aromatic heterocycles. The molecule has 4 heteroatoms. The first kappa shape index (κ1) is 12.1. The maximum absolute atomic E-state index is 11.3. The molecule has 3 nitrogen and oxygen atoms in total. The van der Waals surface area contributed by atoms with Crippen molar-refractivity contribution in [3.63, 3.8) is 0 Å². The first-order valence-corrected chi connectivity index (χ1v) is 3.60. The average Bonchev–Trinajstić information content (AvgIpc) is 2.04. The maximum Gasteiger partial charge on any atom is 1.00 e. The molecule has 0 saturated heterocycles. The number of hydrogen-bond donors (Lipinski definition) is 0. The number of carbonyl (C=O) groups is 1. The van der Waals surface area contributed by atoms with Crippen LogP contribution in [-0.4, -0.2) is 24.9 Å². The second-order valence-electron chi connectivity index (χ2n) is 2.70. The Morgan fingerprint density at radius 1 is 1.31 bits per heavy atom. The van der Waals surface area contributed by atoms with E-state index in [1.54, 1.807) is 26.2 Å². The van der Waals surface area contributed by atoms with Crippen LogP contribution in [0.3, 0.4) is 0 Å². The molecule has 64 valence electrons. The van der Waals surface area contributed by atoms with Crippen LogP contribution in [0.15, 0.2) is 24.3 Å². The molecule has 0 heterocycles. The van der Waals surface area contributed by atoms with Crippen molar-refractivity contribution in [2.24, 2.45) is 0 Å². The average molecular weight is 171 g/mol. The molecule has 13 heavy (non-hydrogen) atoms. The summed E-state index contributed by atoms with van der Waals surface area (Å²) in [6.07, 6.45) is 0. The molecule has 0 N–H and O–H groups in total. The summed E-state index contributed by atoms with van der Waals surface area (Å²) in [6.45, 7) is 0. The number of benzene rings is 1. The Hall–Kier alpha value is -0.913. The molecule has 0 radical (unpaired) electrons. The van der Waals surface area contributed by atoms with E-state index in [9.17, 15) is 9.90 Å². The molecule has 1 aromatic carbocycles. The normalized spacial score (nSPS) is 8.77. The molecule has 1 rings (SSSR count). The summed E-state index contributed by atoms with van der Waals surface area (Å²) in [5.74, 6) is -0.475. The number of nitrogens with zero attached hydrogens (tertiary/aromatic N) is 1. The van der Waals surface area contributed by atoms with Gasteiger partial charge in [-0.3, -0.25) is 4.79 Å². The number of rotatable bonds is 1. The maximum atomic E-state index is 11.3. The van der Waals surface area contributed by atoms with Crippen LogP contribution in [0, 0.1) is 0 Å². The molecule has 0 aliphatic rings. The first-order valence-electron chi connectivity index (χ1n) is 3.60. The van der Waals surface area contributed by atoms with Crippen molar-refractivity contribution in [1.29, 1.82) is 0 Å².